The predicted molar refractivity (Wildman–Crippen MR) is 41.1 cm³/mol. The van der Waals surface area contributed by atoms with Gasteiger partial charge in [-0.05, 0) is 18.2 Å². The third-order valence-corrected chi connectivity index (χ3v) is 1.71. The van der Waals surface area contributed by atoms with Gasteiger partial charge in [-0.25, -0.2) is 0 Å². The molecule has 2 rings (SSSR count). The maximum absolute atomic E-state index is 12.7. The molecule has 1 heterocycles. The van der Waals surface area contributed by atoms with Crippen LogP contribution in [0, 0.1) is 5.95 Å². The van der Waals surface area contributed by atoms with Crippen LogP contribution in [0.1, 0.15) is 0 Å². The molecule has 11 heavy (non-hydrogen) atoms. The molecule has 0 fully saturated rings. The number of hydrogen-bond acceptors (Lipinski definition) is 1. The fourth-order valence-electron chi connectivity index (χ4n) is 0.952. The summed E-state index contributed by atoms with van der Waals surface area (Å²) in [5.41, 5.74) is 0.551. The highest BCUT2D eigenvalue weighted by molar-refractivity contribution is 6.31. The molecule has 1 aromatic carbocycles. The third kappa shape index (κ3) is 0.973. The van der Waals surface area contributed by atoms with E-state index in [1.807, 2.05) is 0 Å². The molecule has 56 valence electrons. The van der Waals surface area contributed by atoms with Crippen LogP contribution in [0.15, 0.2) is 18.2 Å². The molecule has 0 amide bonds. The Balaban J connectivity index is 2.86. The van der Waals surface area contributed by atoms with Gasteiger partial charge in [0.1, 0.15) is 0 Å². The molecule has 0 bridgehead atoms. The lowest BCUT2D eigenvalue weighted by Crippen LogP contribution is -1.69. The SMILES string of the molecule is Fc1[nH]nc2cc(Cl)ccc12. The van der Waals surface area contributed by atoms with Crippen molar-refractivity contribution in [2.24, 2.45) is 0 Å². The minimum Gasteiger partial charge on any atom is -0.252 e. The van der Waals surface area contributed by atoms with Gasteiger partial charge in [0.25, 0.3) is 0 Å². The third-order valence-electron chi connectivity index (χ3n) is 1.47. The van der Waals surface area contributed by atoms with Crippen LogP contribution >= 0.6 is 11.6 Å². The van der Waals surface area contributed by atoms with Crippen molar-refractivity contribution in [1.29, 1.82) is 0 Å². The van der Waals surface area contributed by atoms with Crippen LogP contribution in [0.2, 0.25) is 5.02 Å². The normalized spacial score (nSPS) is 10.7. The number of rotatable bonds is 0. The molecule has 4 heteroatoms. The summed E-state index contributed by atoms with van der Waals surface area (Å²) in [6.07, 6.45) is 0. The van der Waals surface area contributed by atoms with Crippen LogP contribution in [0.5, 0.6) is 0 Å². The van der Waals surface area contributed by atoms with Crippen molar-refractivity contribution in [3.63, 3.8) is 0 Å². The molecular formula is C7H4ClFN2. The Bertz CT molecular complexity index is 396. The van der Waals surface area contributed by atoms with Crippen LogP contribution in [0.3, 0.4) is 0 Å². The average molecular weight is 171 g/mol. The number of hydrogen-bond donors (Lipinski definition) is 1. The van der Waals surface area contributed by atoms with Crippen molar-refractivity contribution in [2.45, 2.75) is 0 Å². The number of halogens is 2. The molecule has 0 aliphatic heterocycles. The van der Waals surface area contributed by atoms with Gasteiger partial charge in [0, 0.05) is 5.02 Å². The second kappa shape index (κ2) is 2.20. The van der Waals surface area contributed by atoms with E-state index in [4.69, 9.17) is 11.6 Å². The Kier molecular flexibility index (Phi) is 1.32. The molecule has 0 saturated carbocycles. The first-order valence-corrected chi connectivity index (χ1v) is 3.44. The molecule has 0 aliphatic carbocycles. The second-order valence-corrected chi connectivity index (χ2v) is 2.64. The maximum atomic E-state index is 12.7. The lowest BCUT2D eigenvalue weighted by molar-refractivity contribution is 0.588. The van der Waals surface area contributed by atoms with Crippen LogP contribution in [0.4, 0.5) is 4.39 Å². The molecule has 0 radical (unpaired) electrons. The van der Waals surface area contributed by atoms with Crippen LogP contribution in [0.25, 0.3) is 10.9 Å². The molecule has 0 saturated heterocycles. The Morgan fingerprint density at radius 1 is 1.45 bits per heavy atom. The van der Waals surface area contributed by atoms with E-state index in [2.05, 4.69) is 10.2 Å². The largest absolute Gasteiger partial charge is 0.252 e. The summed E-state index contributed by atoms with van der Waals surface area (Å²) in [6.45, 7) is 0. The monoisotopic (exact) mass is 170 g/mol. The van der Waals surface area contributed by atoms with Crippen molar-refractivity contribution >= 4 is 22.5 Å². The molecule has 0 atom stereocenters. The molecule has 2 aromatic rings. The zero-order chi connectivity index (χ0) is 7.84. The number of H-pyrrole nitrogens is 1. The first-order valence-electron chi connectivity index (χ1n) is 3.06. The Hall–Kier alpha value is -1.09. The van der Waals surface area contributed by atoms with E-state index < -0.39 is 5.95 Å². The highest BCUT2D eigenvalue weighted by atomic mass is 35.5. The summed E-state index contributed by atoms with van der Waals surface area (Å²) in [5.74, 6) is -0.420. The molecule has 1 N–H and O–H groups in total. The van der Waals surface area contributed by atoms with E-state index in [0.717, 1.165) is 0 Å². The average Bonchev–Trinajstić information content (AvgIpc) is 2.32. The lowest BCUT2D eigenvalue weighted by Gasteiger charge is -1.87. The first-order chi connectivity index (χ1) is 5.27. The number of nitrogens with zero attached hydrogens (tertiary/aromatic N) is 1. The van der Waals surface area contributed by atoms with Gasteiger partial charge in [-0.15, -0.1) is 0 Å². The minimum atomic E-state index is -0.420. The zero-order valence-electron chi connectivity index (χ0n) is 5.44. The topological polar surface area (TPSA) is 28.7 Å². The van der Waals surface area contributed by atoms with Gasteiger partial charge in [0.15, 0.2) is 0 Å². The van der Waals surface area contributed by atoms with Crippen LogP contribution in [-0.2, 0) is 0 Å². The van der Waals surface area contributed by atoms with E-state index >= 15 is 0 Å². The fraction of sp³-hybridized carbons (Fsp3) is 0. The molecule has 2 nitrogen and oxygen atoms in total. The fourth-order valence-corrected chi connectivity index (χ4v) is 1.12. The lowest BCUT2D eigenvalue weighted by atomic mass is 10.2. The van der Waals surface area contributed by atoms with E-state index in [9.17, 15) is 4.39 Å². The minimum absolute atomic E-state index is 0.420. The zero-order valence-corrected chi connectivity index (χ0v) is 6.19. The van der Waals surface area contributed by atoms with Gasteiger partial charge in [0.05, 0.1) is 10.9 Å². The predicted octanol–water partition coefficient (Wildman–Crippen LogP) is 2.36. The molecule has 0 spiro atoms. The van der Waals surface area contributed by atoms with Gasteiger partial charge in [0.2, 0.25) is 5.95 Å². The Labute approximate surface area is 67.0 Å². The van der Waals surface area contributed by atoms with Crippen molar-refractivity contribution < 1.29 is 4.39 Å². The van der Waals surface area contributed by atoms with E-state index in [1.165, 1.54) is 0 Å². The molecule has 0 aliphatic rings. The summed E-state index contributed by atoms with van der Waals surface area (Å²) < 4.78 is 12.7. The molecular weight excluding hydrogens is 167 g/mol. The van der Waals surface area contributed by atoms with Crippen molar-refractivity contribution in [2.75, 3.05) is 0 Å². The number of fused-ring (bicyclic) bond motifs is 1. The van der Waals surface area contributed by atoms with Crippen molar-refractivity contribution in [1.82, 2.24) is 10.2 Å². The number of benzene rings is 1. The highest BCUT2D eigenvalue weighted by Gasteiger charge is 2.02. The quantitative estimate of drug-likeness (QED) is 0.646. The van der Waals surface area contributed by atoms with Crippen molar-refractivity contribution in [3.8, 4) is 0 Å². The molecule has 1 aromatic heterocycles. The van der Waals surface area contributed by atoms with Gasteiger partial charge in [-0.1, -0.05) is 11.6 Å². The highest BCUT2D eigenvalue weighted by Crippen LogP contribution is 2.18. The van der Waals surface area contributed by atoms with E-state index in [-0.39, 0.29) is 0 Å². The van der Waals surface area contributed by atoms with Gasteiger partial charge in [-0.2, -0.15) is 9.49 Å². The van der Waals surface area contributed by atoms with Crippen molar-refractivity contribution in [3.05, 3.63) is 29.2 Å². The van der Waals surface area contributed by atoms with Gasteiger partial charge >= 0.3 is 0 Å². The summed E-state index contributed by atoms with van der Waals surface area (Å²) in [5, 5.41) is 6.95. The number of aromatic amines is 1. The summed E-state index contributed by atoms with van der Waals surface area (Å²) in [7, 11) is 0. The Morgan fingerprint density at radius 2 is 2.27 bits per heavy atom. The number of aromatic nitrogens is 2. The Morgan fingerprint density at radius 3 is 3.09 bits per heavy atom. The first kappa shape index (κ1) is 6.61. The standard InChI is InChI=1S/C7H4ClFN2/c8-4-1-2-5-6(3-4)10-11-7(5)9/h1-3H,(H,10,11). The van der Waals surface area contributed by atoms with Gasteiger partial charge in [-0.3, -0.25) is 5.10 Å². The van der Waals surface area contributed by atoms with Gasteiger partial charge < -0.3 is 0 Å². The number of nitrogens with one attached hydrogen (secondary N) is 1. The second-order valence-electron chi connectivity index (χ2n) is 2.20. The smallest absolute Gasteiger partial charge is 0.216 e. The summed E-state index contributed by atoms with van der Waals surface area (Å²) in [6, 6.07) is 4.83. The maximum Gasteiger partial charge on any atom is 0.216 e. The summed E-state index contributed by atoms with van der Waals surface area (Å²) in [4.78, 5) is 0. The molecule has 0 unspecified atom stereocenters. The van der Waals surface area contributed by atoms with Crippen LogP contribution < -0.4 is 0 Å². The summed E-state index contributed by atoms with van der Waals surface area (Å²) >= 11 is 5.65. The van der Waals surface area contributed by atoms with E-state index in [1.54, 1.807) is 18.2 Å². The van der Waals surface area contributed by atoms with E-state index in [0.29, 0.717) is 15.9 Å². The van der Waals surface area contributed by atoms with Crippen LogP contribution in [-0.4, -0.2) is 10.2 Å².